The Bertz CT molecular complexity index is 893. The smallest absolute Gasteiger partial charge is 0.246 e. The first-order valence-electron chi connectivity index (χ1n) is 8.01. The van der Waals surface area contributed by atoms with Gasteiger partial charge >= 0.3 is 0 Å². The van der Waals surface area contributed by atoms with E-state index in [9.17, 15) is 4.79 Å². The summed E-state index contributed by atoms with van der Waals surface area (Å²) >= 11 is 0. The Hall–Kier alpha value is -2.67. The summed E-state index contributed by atoms with van der Waals surface area (Å²) in [7, 11) is 3.57. The van der Waals surface area contributed by atoms with Crippen LogP contribution < -0.4 is 10.6 Å². The van der Waals surface area contributed by atoms with Gasteiger partial charge in [-0.05, 0) is 38.1 Å². The summed E-state index contributed by atoms with van der Waals surface area (Å²) in [6, 6.07) is 5.06. The standard InChI is InChI=1S/C17H19N5O2/c1-18-15(11-8-19-22(2)9-11)16(23)20-12-5-6-14-13(7-12)21-17(24-14)10-3-4-10/h5-10,15,18H,3-4H2,1-2H3,(H,20,23). The minimum atomic E-state index is -0.464. The van der Waals surface area contributed by atoms with E-state index in [0.29, 0.717) is 11.6 Å². The van der Waals surface area contributed by atoms with E-state index in [2.05, 4.69) is 20.7 Å². The molecule has 1 amide bonds. The molecular formula is C17H19N5O2. The molecule has 0 saturated heterocycles. The zero-order chi connectivity index (χ0) is 16.7. The van der Waals surface area contributed by atoms with Crippen molar-refractivity contribution in [2.24, 2.45) is 7.05 Å². The molecule has 0 radical (unpaired) electrons. The Kier molecular flexibility index (Phi) is 3.57. The Balaban J connectivity index is 1.54. The first kappa shape index (κ1) is 14.9. The highest BCUT2D eigenvalue weighted by molar-refractivity contribution is 5.96. The van der Waals surface area contributed by atoms with Crippen LogP contribution in [0.15, 0.2) is 35.0 Å². The number of aryl methyl sites for hydroxylation is 1. The van der Waals surface area contributed by atoms with E-state index in [-0.39, 0.29) is 5.91 Å². The summed E-state index contributed by atoms with van der Waals surface area (Å²) in [6.07, 6.45) is 5.80. The van der Waals surface area contributed by atoms with E-state index >= 15 is 0 Å². The predicted octanol–water partition coefficient (Wildman–Crippen LogP) is 2.34. The Morgan fingerprint density at radius 1 is 1.42 bits per heavy atom. The SMILES string of the molecule is CNC(C(=O)Nc1ccc2oc(C3CC3)nc2c1)c1cnn(C)c1. The number of benzene rings is 1. The summed E-state index contributed by atoms with van der Waals surface area (Å²) in [4.78, 5) is 17.1. The van der Waals surface area contributed by atoms with Crippen molar-refractivity contribution in [3.63, 3.8) is 0 Å². The number of nitrogens with zero attached hydrogens (tertiary/aromatic N) is 3. The third kappa shape index (κ3) is 2.78. The van der Waals surface area contributed by atoms with Crippen molar-refractivity contribution >= 4 is 22.7 Å². The highest BCUT2D eigenvalue weighted by Crippen LogP contribution is 2.40. The van der Waals surface area contributed by atoms with Crippen LogP contribution >= 0.6 is 0 Å². The lowest BCUT2D eigenvalue weighted by molar-refractivity contribution is -0.118. The van der Waals surface area contributed by atoms with Gasteiger partial charge in [-0.15, -0.1) is 0 Å². The molecule has 0 spiro atoms. The van der Waals surface area contributed by atoms with Crippen molar-refractivity contribution < 1.29 is 9.21 Å². The van der Waals surface area contributed by atoms with Crippen LogP contribution in [0.4, 0.5) is 5.69 Å². The quantitative estimate of drug-likeness (QED) is 0.752. The summed E-state index contributed by atoms with van der Waals surface area (Å²) in [5, 5.41) is 10.1. The molecule has 1 atom stereocenters. The minimum Gasteiger partial charge on any atom is -0.440 e. The Morgan fingerprint density at radius 2 is 2.25 bits per heavy atom. The average molecular weight is 325 g/mol. The van der Waals surface area contributed by atoms with Crippen LogP contribution in [0.1, 0.15) is 36.3 Å². The Morgan fingerprint density at radius 3 is 2.92 bits per heavy atom. The van der Waals surface area contributed by atoms with Gasteiger partial charge in [0.15, 0.2) is 11.5 Å². The van der Waals surface area contributed by atoms with Crippen molar-refractivity contribution in [3.05, 3.63) is 42.0 Å². The molecule has 1 fully saturated rings. The summed E-state index contributed by atoms with van der Waals surface area (Å²) in [6.45, 7) is 0. The van der Waals surface area contributed by atoms with Gasteiger partial charge in [0.2, 0.25) is 5.91 Å². The third-order valence-corrected chi connectivity index (χ3v) is 4.21. The maximum atomic E-state index is 12.6. The number of carbonyl (C=O) groups excluding carboxylic acids is 1. The van der Waals surface area contributed by atoms with Gasteiger partial charge in [-0.3, -0.25) is 9.48 Å². The van der Waals surface area contributed by atoms with E-state index < -0.39 is 6.04 Å². The van der Waals surface area contributed by atoms with Gasteiger partial charge in [0.1, 0.15) is 11.6 Å². The van der Waals surface area contributed by atoms with Crippen molar-refractivity contribution in [1.82, 2.24) is 20.1 Å². The molecule has 1 saturated carbocycles. The van der Waals surface area contributed by atoms with E-state index in [1.807, 2.05) is 31.4 Å². The molecule has 1 aliphatic rings. The predicted molar refractivity (Wildman–Crippen MR) is 89.6 cm³/mol. The Labute approximate surface area is 139 Å². The molecule has 2 aromatic heterocycles. The number of aromatic nitrogens is 3. The number of amides is 1. The van der Waals surface area contributed by atoms with E-state index in [1.165, 1.54) is 0 Å². The van der Waals surface area contributed by atoms with Crippen LogP contribution in [-0.2, 0) is 11.8 Å². The minimum absolute atomic E-state index is 0.143. The zero-order valence-electron chi connectivity index (χ0n) is 13.6. The van der Waals surface area contributed by atoms with Crippen LogP contribution in [0.3, 0.4) is 0 Å². The second kappa shape index (κ2) is 5.76. The molecule has 124 valence electrons. The second-order valence-electron chi connectivity index (χ2n) is 6.17. The van der Waals surface area contributed by atoms with Gasteiger partial charge in [0.05, 0.1) is 6.20 Å². The summed E-state index contributed by atoms with van der Waals surface area (Å²) in [5.74, 6) is 1.13. The zero-order valence-corrected chi connectivity index (χ0v) is 13.6. The number of likely N-dealkylation sites (N-methyl/N-ethyl adjacent to an activating group) is 1. The molecule has 4 rings (SSSR count). The molecule has 3 aromatic rings. The lowest BCUT2D eigenvalue weighted by atomic mass is 10.1. The molecule has 0 aliphatic heterocycles. The van der Waals surface area contributed by atoms with Crippen LogP contribution in [0, 0.1) is 0 Å². The van der Waals surface area contributed by atoms with Crippen molar-refractivity contribution in [3.8, 4) is 0 Å². The highest BCUT2D eigenvalue weighted by atomic mass is 16.3. The van der Waals surface area contributed by atoms with Crippen LogP contribution in [-0.4, -0.2) is 27.7 Å². The van der Waals surface area contributed by atoms with Crippen molar-refractivity contribution in [1.29, 1.82) is 0 Å². The largest absolute Gasteiger partial charge is 0.440 e. The molecular weight excluding hydrogens is 306 g/mol. The van der Waals surface area contributed by atoms with Crippen LogP contribution in [0.25, 0.3) is 11.1 Å². The maximum absolute atomic E-state index is 12.6. The van der Waals surface area contributed by atoms with E-state index in [4.69, 9.17) is 4.42 Å². The van der Waals surface area contributed by atoms with E-state index in [0.717, 1.165) is 35.4 Å². The van der Waals surface area contributed by atoms with Gasteiger partial charge in [-0.25, -0.2) is 4.98 Å². The third-order valence-electron chi connectivity index (χ3n) is 4.21. The molecule has 7 heteroatoms. The number of hydrogen-bond acceptors (Lipinski definition) is 5. The first-order chi connectivity index (χ1) is 11.6. The van der Waals surface area contributed by atoms with Crippen molar-refractivity contribution in [2.75, 3.05) is 12.4 Å². The fourth-order valence-corrected chi connectivity index (χ4v) is 2.78. The lowest BCUT2D eigenvalue weighted by Gasteiger charge is -2.14. The molecule has 1 unspecified atom stereocenters. The highest BCUT2D eigenvalue weighted by Gasteiger charge is 2.29. The number of hydrogen-bond donors (Lipinski definition) is 2. The maximum Gasteiger partial charge on any atom is 0.246 e. The monoisotopic (exact) mass is 325 g/mol. The molecule has 1 aromatic carbocycles. The van der Waals surface area contributed by atoms with Gasteiger partial charge in [-0.2, -0.15) is 5.10 Å². The molecule has 2 heterocycles. The lowest BCUT2D eigenvalue weighted by Crippen LogP contribution is -2.30. The molecule has 7 nitrogen and oxygen atoms in total. The van der Waals surface area contributed by atoms with Crippen LogP contribution in [0.5, 0.6) is 0 Å². The topological polar surface area (TPSA) is 85.0 Å². The number of oxazole rings is 1. The van der Waals surface area contributed by atoms with Crippen LogP contribution in [0.2, 0.25) is 0 Å². The number of anilines is 1. The average Bonchev–Trinajstić information content (AvgIpc) is 3.19. The molecule has 2 N–H and O–H groups in total. The summed E-state index contributed by atoms with van der Waals surface area (Å²) < 4.78 is 7.42. The summed E-state index contributed by atoms with van der Waals surface area (Å²) in [5.41, 5.74) is 3.05. The fraction of sp³-hybridized carbons (Fsp3) is 0.353. The van der Waals surface area contributed by atoms with Gasteiger partial charge < -0.3 is 15.1 Å². The number of carbonyl (C=O) groups is 1. The molecule has 1 aliphatic carbocycles. The number of nitrogens with one attached hydrogen (secondary N) is 2. The molecule has 0 bridgehead atoms. The van der Waals surface area contributed by atoms with Gasteiger partial charge in [-0.1, -0.05) is 0 Å². The number of fused-ring (bicyclic) bond motifs is 1. The number of rotatable bonds is 5. The van der Waals surface area contributed by atoms with Gasteiger partial charge in [0, 0.05) is 30.4 Å². The van der Waals surface area contributed by atoms with E-state index in [1.54, 1.807) is 17.9 Å². The van der Waals surface area contributed by atoms with Gasteiger partial charge in [0.25, 0.3) is 0 Å². The second-order valence-corrected chi connectivity index (χ2v) is 6.17. The van der Waals surface area contributed by atoms with Crippen molar-refractivity contribution in [2.45, 2.75) is 24.8 Å². The normalized spacial score (nSPS) is 15.6. The first-order valence-corrected chi connectivity index (χ1v) is 8.01. The molecule has 24 heavy (non-hydrogen) atoms. The fourth-order valence-electron chi connectivity index (χ4n) is 2.78.